The number of halogens is 1. The van der Waals surface area contributed by atoms with E-state index in [2.05, 4.69) is 10.3 Å². The molecule has 110 valence electrons. The van der Waals surface area contributed by atoms with E-state index in [1.165, 1.54) is 19.4 Å². The van der Waals surface area contributed by atoms with Crippen molar-refractivity contribution < 1.29 is 19.4 Å². The maximum absolute atomic E-state index is 10.9. The summed E-state index contributed by atoms with van der Waals surface area (Å²) in [4.78, 5) is 14.9. The van der Waals surface area contributed by atoms with Crippen molar-refractivity contribution in [2.45, 2.75) is 0 Å². The first-order valence-electron chi connectivity index (χ1n) is 5.93. The summed E-state index contributed by atoms with van der Waals surface area (Å²) in [6.07, 6.45) is 1.23. The summed E-state index contributed by atoms with van der Waals surface area (Å²) in [5, 5.41) is 12.1. The van der Waals surface area contributed by atoms with Gasteiger partial charge in [-0.3, -0.25) is 0 Å². The van der Waals surface area contributed by atoms with Crippen molar-refractivity contribution in [3.63, 3.8) is 0 Å². The minimum Gasteiger partial charge on any atom is -0.497 e. The van der Waals surface area contributed by atoms with Crippen molar-refractivity contribution in [3.8, 4) is 11.5 Å². The molecule has 1 aromatic carbocycles. The molecular formula is C14H13ClN2O4. The van der Waals surface area contributed by atoms with Crippen LogP contribution in [0.4, 0.5) is 11.5 Å². The zero-order chi connectivity index (χ0) is 15.4. The summed E-state index contributed by atoms with van der Waals surface area (Å²) in [7, 11) is 3.09. The van der Waals surface area contributed by atoms with Crippen LogP contribution in [-0.4, -0.2) is 30.3 Å². The number of hydrogen-bond acceptors (Lipinski definition) is 5. The Morgan fingerprint density at radius 2 is 2.05 bits per heavy atom. The third-order valence-electron chi connectivity index (χ3n) is 2.75. The number of carboxylic acids is 1. The van der Waals surface area contributed by atoms with E-state index in [-0.39, 0.29) is 10.6 Å². The van der Waals surface area contributed by atoms with Crippen LogP contribution in [0.5, 0.6) is 11.5 Å². The van der Waals surface area contributed by atoms with E-state index in [1.807, 2.05) is 0 Å². The molecule has 0 aliphatic rings. The van der Waals surface area contributed by atoms with Gasteiger partial charge in [-0.2, -0.15) is 0 Å². The Labute approximate surface area is 126 Å². The number of aromatic nitrogens is 1. The van der Waals surface area contributed by atoms with Crippen LogP contribution in [0.3, 0.4) is 0 Å². The quantitative estimate of drug-likeness (QED) is 0.883. The lowest BCUT2D eigenvalue weighted by molar-refractivity contribution is 0.0696. The van der Waals surface area contributed by atoms with E-state index in [1.54, 1.807) is 25.3 Å². The molecule has 0 fully saturated rings. The number of aromatic carboxylic acids is 1. The summed E-state index contributed by atoms with van der Waals surface area (Å²) >= 11 is 6.03. The van der Waals surface area contributed by atoms with E-state index in [4.69, 9.17) is 26.2 Å². The van der Waals surface area contributed by atoms with E-state index >= 15 is 0 Å². The Morgan fingerprint density at radius 3 is 2.62 bits per heavy atom. The molecule has 21 heavy (non-hydrogen) atoms. The SMILES string of the molecule is COc1ccc(OC)c(Nc2ncc(C(=O)O)cc2Cl)c1. The molecule has 1 aromatic heterocycles. The fourth-order valence-corrected chi connectivity index (χ4v) is 1.90. The second-order valence-corrected chi connectivity index (χ2v) is 4.46. The second-order valence-electron chi connectivity index (χ2n) is 4.05. The number of carbonyl (C=O) groups is 1. The number of methoxy groups -OCH3 is 2. The van der Waals surface area contributed by atoms with Crippen LogP contribution < -0.4 is 14.8 Å². The Hall–Kier alpha value is -2.47. The molecule has 0 spiro atoms. The third kappa shape index (κ3) is 3.35. The monoisotopic (exact) mass is 308 g/mol. The van der Waals surface area contributed by atoms with Gasteiger partial charge in [-0.15, -0.1) is 0 Å². The van der Waals surface area contributed by atoms with Crippen molar-refractivity contribution in [1.29, 1.82) is 0 Å². The number of rotatable bonds is 5. The molecule has 2 aromatic rings. The van der Waals surface area contributed by atoms with Gasteiger partial charge in [-0.25, -0.2) is 9.78 Å². The van der Waals surface area contributed by atoms with Gasteiger partial charge in [0, 0.05) is 12.3 Å². The molecule has 0 atom stereocenters. The number of pyridine rings is 1. The molecule has 6 nitrogen and oxygen atoms in total. The van der Waals surface area contributed by atoms with Gasteiger partial charge in [0.15, 0.2) is 0 Å². The van der Waals surface area contributed by atoms with Crippen LogP contribution in [0.25, 0.3) is 0 Å². The number of benzene rings is 1. The zero-order valence-electron chi connectivity index (χ0n) is 11.4. The van der Waals surface area contributed by atoms with E-state index < -0.39 is 5.97 Å². The summed E-state index contributed by atoms with van der Waals surface area (Å²) < 4.78 is 10.4. The number of ether oxygens (including phenoxy) is 2. The topological polar surface area (TPSA) is 80.7 Å². The molecule has 0 unspecified atom stereocenters. The lowest BCUT2D eigenvalue weighted by atomic mass is 10.2. The minimum absolute atomic E-state index is 0.0168. The van der Waals surface area contributed by atoms with Crippen LogP contribution in [0.2, 0.25) is 5.02 Å². The van der Waals surface area contributed by atoms with Crippen LogP contribution in [0, 0.1) is 0 Å². The fourth-order valence-electron chi connectivity index (χ4n) is 1.69. The van der Waals surface area contributed by atoms with Gasteiger partial charge in [0.2, 0.25) is 0 Å². The number of hydrogen-bond donors (Lipinski definition) is 2. The number of nitrogens with zero attached hydrogens (tertiary/aromatic N) is 1. The van der Waals surface area contributed by atoms with Crippen molar-refractivity contribution >= 4 is 29.1 Å². The van der Waals surface area contributed by atoms with Gasteiger partial charge >= 0.3 is 5.97 Å². The molecule has 0 saturated carbocycles. The number of anilines is 2. The molecule has 0 amide bonds. The van der Waals surface area contributed by atoms with Crippen molar-refractivity contribution in [2.75, 3.05) is 19.5 Å². The Balaban J connectivity index is 2.35. The first-order valence-corrected chi connectivity index (χ1v) is 6.31. The maximum atomic E-state index is 10.9. The Kier molecular flexibility index (Phi) is 4.49. The van der Waals surface area contributed by atoms with Gasteiger partial charge < -0.3 is 19.9 Å². The van der Waals surface area contributed by atoms with Crippen molar-refractivity contribution in [1.82, 2.24) is 4.98 Å². The normalized spacial score (nSPS) is 10.0. The molecule has 0 saturated heterocycles. The van der Waals surface area contributed by atoms with Gasteiger partial charge in [-0.1, -0.05) is 11.6 Å². The van der Waals surface area contributed by atoms with Crippen LogP contribution >= 0.6 is 11.6 Å². The maximum Gasteiger partial charge on any atom is 0.337 e. The third-order valence-corrected chi connectivity index (χ3v) is 3.04. The zero-order valence-corrected chi connectivity index (χ0v) is 12.1. The molecule has 2 rings (SSSR count). The molecule has 1 heterocycles. The van der Waals surface area contributed by atoms with Gasteiger partial charge in [0.1, 0.15) is 17.3 Å². The van der Waals surface area contributed by atoms with Gasteiger partial charge in [-0.05, 0) is 18.2 Å². The number of carboxylic acid groups (broad SMARTS) is 1. The molecule has 2 N–H and O–H groups in total. The van der Waals surface area contributed by atoms with Crippen LogP contribution in [-0.2, 0) is 0 Å². The summed E-state index contributed by atoms with van der Waals surface area (Å²) in [6, 6.07) is 6.54. The molecule has 0 radical (unpaired) electrons. The average Bonchev–Trinajstić information content (AvgIpc) is 2.49. The summed E-state index contributed by atoms with van der Waals surface area (Å²) in [6.45, 7) is 0. The van der Waals surface area contributed by atoms with E-state index in [0.717, 1.165) is 0 Å². The van der Waals surface area contributed by atoms with Gasteiger partial charge in [0.25, 0.3) is 0 Å². The molecule has 0 aliphatic heterocycles. The molecule has 0 aliphatic carbocycles. The summed E-state index contributed by atoms with van der Waals surface area (Å²) in [5.41, 5.74) is 0.623. The second kappa shape index (κ2) is 6.32. The molecule has 7 heteroatoms. The van der Waals surface area contributed by atoms with Crippen LogP contribution in [0.15, 0.2) is 30.5 Å². The molecule has 0 bridgehead atoms. The Bertz CT molecular complexity index is 676. The average molecular weight is 309 g/mol. The van der Waals surface area contributed by atoms with E-state index in [0.29, 0.717) is 23.0 Å². The highest BCUT2D eigenvalue weighted by atomic mass is 35.5. The minimum atomic E-state index is -1.09. The standard InChI is InChI=1S/C14H13ClN2O4/c1-20-9-3-4-12(21-2)11(6-9)17-13-10(15)5-8(7-16-13)14(18)19/h3-7H,1-2H3,(H,16,17)(H,18,19). The highest BCUT2D eigenvalue weighted by Gasteiger charge is 2.11. The van der Waals surface area contributed by atoms with Crippen LogP contribution in [0.1, 0.15) is 10.4 Å². The van der Waals surface area contributed by atoms with Crippen molar-refractivity contribution in [3.05, 3.63) is 41.0 Å². The lowest BCUT2D eigenvalue weighted by Gasteiger charge is -2.13. The van der Waals surface area contributed by atoms with E-state index in [9.17, 15) is 4.79 Å². The van der Waals surface area contributed by atoms with Crippen molar-refractivity contribution in [2.24, 2.45) is 0 Å². The van der Waals surface area contributed by atoms with Gasteiger partial charge in [0.05, 0.1) is 30.5 Å². The number of nitrogens with one attached hydrogen (secondary N) is 1. The summed E-state index contributed by atoms with van der Waals surface area (Å²) in [5.74, 6) is 0.454. The smallest absolute Gasteiger partial charge is 0.337 e. The first kappa shape index (κ1) is 14.9. The highest BCUT2D eigenvalue weighted by Crippen LogP contribution is 2.33. The predicted octanol–water partition coefficient (Wildman–Crippen LogP) is 3.19. The first-order chi connectivity index (χ1) is 10.0. The lowest BCUT2D eigenvalue weighted by Crippen LogP contribution is -2.01. The highest BCUT2D eigenvalue weighted by molar-refractivity contribution is 6.33. The predicted molar refractivity (Wildman–Crippen MR) is 79.0 cm³/mol. The largest absolute Gasteiger partial charge is 0.497 e. The Morgan fingerprint density at radius 1 is 1.29 bits per heavy atom. The molecular weight excluding hydrogens is 296 g/mol. The fraction of sp³-hybridized carbons (Fsp3) is 0.143.